The average molecular weight is 449 g/mol. The number of urea groups is 1. The Hall–Kier alpha value is -2.53. The highest BCUT2D eigenvalue weighted by Gasteiger charge is 2.28. The number of piperidine rings is 1. The van der Waals surface area contributed by atoms with Crippen LogP contribution in [-0.4, -0.2) is 64.0 Å². The van der Waals surface area contributed by atoms with Gasteiger partial charge in [0.05, 0.1) is 0 Å². The molecule has 4 rings (SSSR count). The van der Waals surface area contributed by atoms with E-state index in [-0.39, 0.29) is 23.8 Å². The molecule has 0 spiro atoms. The Morgan fingerprint density at radius 3 is 2.73 bits per heavy atom. The number of carbonyl (C=O) groups excluding carboxylic acids is 3. The van der Waals surface area contributed by atoms with Gasteiger partial charge in [0.2, 0.25) is 16.9 Å². The molecule has 1 saturated heterocycles. The van der Waals surface area contributed by atoms with Gasteiger partial charge in [0.15, 0.2) is 0 Å². The quantitative estimate of drug-likeness (QED) is 0.727. The van der Waals surface area contributed by atoms with Crippen LogP contribution in [0.3, 0.4) is 0 Å². The van der Waals surface area contributed by atoms with Gasteiger partial charge >= 0.3 is 6.03 Å². The number of anilines is 1. The number of rotatable bonds is 5. The molecule has 0 saturated carbocycles. The molecule has 160 valence electrons. The van der Waals surface area contributed by atoms with E-state index >= 15 is 0 Å². The second-order valence-corrected chi connectivity index (χ2v) is 9.24. The summed E-state index contributed by atoms with van der Waals surface area (Å²) in [6.45, 7) is 2.76. The van der Waals surface area contributed by atoms with Crippen LogP contribution >= 0.6 is 22.7 Å². The largest absolute Gasteiger partial charge is 0.338 e. The Kier molecular flexibility index (Phi) is 6.58. The van der Waals surface area contributed by atoms with Gasteiger partial charge in [-0.15, -0.1) is 21.5 Å². The number of fused-ring (bicyclic) bond motifs is 1. The second-order valence-electron chi connectivity index (χ2n) is 7.41. The number of amides is 4. The van der Waals surface area contributed by atoms with Crippen LogP contribution < -0.4 is 10.6 Å². The van der Waals surface area contributed by atoms with Crippen LogP contribution in [0, 0.1) is 5.92 Å². The van der Waals surface area contributed by atoms with Crippen molar-refractivity contribution in [2.45, 2.75) is 32.2 Å². The Morgan fingerprint density at radius 1 is 1.13 bits per heavy atom. The second kappa shape index (κ2) is 9.52. The lowest BCUT2D eigenvalue weighted by Gasteiger charge is -2.31. The molecule has 0 radical (unpaired) electrons. The minimum atomic E-state index is -0.176. The van der Waals surface area contributed by atoms with Gasteiger partial charge in [-0.05, 0) is 36.3 Å². The number of carbonyl (C=O) groups is 3. The Morgan fingerprint density at radius 2 is 1.97 bits per heavy atom. The van der Waals surface area contributed by atoms with Crippen LogP contribution in [0.1, 0.15) is 29.7 Å². The van der Waals surface area contributed by atoms with Gasteiger partial charge in [-0.1, -0.05) is 11.3 Å². The van der Waals surface area contributed by atoms with E-state index in [2.05, 4.69) is 32.3 Å². The fraction of sp³-hybridized carbons (Fsp3) is 0.526. The number of hydrogen-bond donors (Lipinski definition) is 2. The van der Waals surface area contributed by atoms with E-state index in [1.54, 1.807) is 21.7 Å². The Bertz CT molecular complexity index is 892. The van der Waals surface area contributed by atoms with Crippen molar-refractivity contribution in [2.75, 3.05) is 31.5 Å². The maximum atomic E-state index is 12.4. The summed E-state index contributed by atoms with van der Waals surface area (Å²) in [5, 5.41) is 15.7. The van der Waals surface area contributed by atoms with Crippen molar-refractivity contribution in [3.8, 4) is 0 Å². The highest BCUT2D eigenvalue weighted by Crippen LogP contribution is 2.24. The molecule has 0 aliphatic carbocycles. The van der Waals surface area contributed by atoms with E-state index in [4.69, 9.17) is 0 Å². The smallest absolute Gasteiger partial charge is 0.317 e. The van der Waals surface area contributed by atoms with E-state index in [0.717, 1.165) is 13.0 Å². The fourth-order valence-corrected chi connectivity index (χ4v) is 5.12. The lowest BCUT2D eigenvalue weighted by molar-refractivity contribution is -0.132. The summed E-state index contributed by atoms with van der Waals surface area (Å²) in [5.74, 6) is -0.146. The molecule has 4 heterocycles. The molecular weight excluding hydrogens is 424 g/mol. The Balaban J connectivity index is 1.15. The molecule has 11 heteroatoms. The van der Waals surface area contributed by atoms with Gasteiger partial charge in [0, 0.05) is 49.9 Å². The van der Waals surface area contributed by atoms with Crippen molar-refractivity contribution in [1.29, 1.82) is 0 Å². The van der Waals surface area contributed by atoms with Gasteiger partial charge in [0.1, 0.15) is 5.51 Å². The minimum absolute atomic E-state index is 0.0687. The van der Waals surface area contributed by atoms with Crippen molar-refractivity contribution >= 4 is 45.7 Å². The van der Waals surface area contributed by atoms with Crippen LogP contribution in [0.25, 0.3) is 0 Å². The molecule has 2 aliphatic heterocycles. The number of nitrogens with one attached hydrogen (secondary N) is 2. The number of aromatic nitrogens is 2. The lowest BCUT2D eigenvalue weighted by atomic mass is 9.96. The first-order valence-electron chi connectivity index (χ1n) is 10.0. The maximum Gasteiger partial charge on any atom is 0.317 e. The minimum Gasteiger partial charge on any atom is -0.338 e. The van der Waals surface area contributed by atoms with Gasteiger partial charge < -0.3 is 20.4 Å². The number of thiophene rings is 1. The molecule has 2 aromatic rings. The topological polar surface area (TPSA) is 108 Å². The Labute approximate surface area is 182 Å². The third-order valence-electron chi connectivity index (χ3n) is 5.52. The maximum absolute atomic E-state index is 12.4. The highest BCUT2D eigenvalue weighted by atomic mass is 32.1. The molecule has 0 bridgehead atoms. The normalized spacial score (nSPS) is 16.8. The monoisotopic (exact) mass is 448 g/mol. The van der Waals surface area contributed by atoms with Crippen LogP contribution in [0.15, 0.2) is 17.0 Å². The van der Waals surface area contributed by atoms with E-state index in [9.17, 15) is 14.4 Å². The third kappa shape index (κ3) is 4.96. The molecule has 0 atom stereocenters. The number of hydrogen-bond acceptors (Lipinski definition) is 7. The van der Waals surface area contributed by atoms with Crippen molar-refractivity contribution < 1.29 is 14.4 Å². The lowest BCUT2D eigenvalue weighted by Crippen LogP contribution is -2.47. The zero-order chi connectivity index (χ0) is 20.9. The van der Waals surface area contributed by atoms with E-state index in [0.29, 0.717) is 50.6 Å². The summed E-state index contributed by atoms with van der Waals surface area (Å²) in [6.07, 6.45) is 2.42. The van der Waals surface area contributed by atoms with Crippen LogP contribution in [0.2, 0.25) is 0 Å². The molecule has 0 aromatic carbocycles. The van der Waals surface area contributed by atoms with Gasteiger partial charge in [-0.2, -0.15) is 0 Å². The van der Waals surface area contributed by atoms with Crippen LogP contribution in [0.5, 0.6) is 0 Å². The standard InChI is InChI=1S/C19H24N6O3S2/c26-16(25-9-4-15-14(11-25)5-10-29-15)1-6-20-19(28)24-7-2-13(3-8-24)17(27)22-18-23-21-12-30-18/h5,10,12-13H,1-4,6-9,11H2,(H,20,28)(H,22,23,27). The van der Waals surface area contributed by atoms with E-state index in [1.807, 2.05) is 4.90 Å². The summed E-state index contributed by atoms with van der Waals surface area (Å²) < 4.78 is 0. The van der Waals surface area contributed by atoms with Crippen molar-refractivity contribution in [3.05, 3.63) is 27.4 Å². The van der Waals surface area contributed by atoms with Gasteiger partial charge in [-0.3, -0.25) is 9.59 Å². The van der Waals surface area contributed by atoms with Crippen molar-refractivity contribution in [3.63, 3.8) is 0 Å². The van der Waals surface area contributed by atoms with Crippen LogP contribution in [0.4, 0.5) is 9.93 Å². The zero-order valence-corrected chi connectivity index (χ0v) is 18.1. The summed E-state index contributed by atoms with van der Waals surface area (Å²) in [4.78, 5) is 42.0. The predicted octanol–water partition coefficient (Wildman–Crippen LogP) is 1.93. The first-order chi connectivity index (χ1) is 14.6. The number of likely N-dealkylation sites (tertiary alicyclic amines) is 1. The summed E-state index contributed by atoms with van der Waals surface area (Å²) >= 11 is 3.03. The molecule has 30 heavy (non-hydrogen) atoms. The molecule has 9 nitrogen and oxygen atoms in total. The molecule has 2 aromatic heterocycles. The molecule has 2 N–H and O–H groups in total. The molecule has 1 fully saturated rings. The molecular formula is C19H24N6O3S2. The van der Waals surface area contributed by atoms with Crippen molar-refractivity contribution in [1.82, 2.24) is 25.3 Å². The summed E-state index contributed by atoms with van der Waals surface area (Å²) in [6, 6.07) is 1.91. The van der Waals surface area contributed by atoms with Crippen molar-refractivity contribution in [2.24, 2.45) is 5.92 Å². The molecule has 4 amide bonds. The third-order valence-corrected chi connectivity index (χ3v) is 7.15. The first-order valence-corrected chi connectivity index (χ1v) is 11.8. The summed E-state index contributed by atoms with van der Waals surface area (Å²) in [7, 11) is 0. The average Bonchev–Trinajstić information content (AvgIpc) is 3.44. The molecule has 2 aliphatic rings. The fourth-order valence-electron chi connectivity index (χ4n) is 3.79. The summed E-state index contributed by atoms with van der Waals surface area (Å²) in [5.41, 5.74) is 2.81. The van der Waals surface area contributed by atoms with Gasteiger partial charge in [-0.25, -0.2) is 4.79 Å². The van der Waals surface area contributed by atoms with E-state index < -0.39 is 0 Å². The van der Waals surface area contributed by atoms with Crippen LogP contribution in [-0.2, 0) is 22.6 Å². The zero-order valence-electron chi connectivity index (χ0n) is 16.5. The number of nitrogens with zero attached hydrogens (tertiary/aromatic N) is 4. The molecule has 0 unspecified atom stereocenters. The van der Waals surface area contributed by atoms with E-state index in [1.165, 1.54) is 21.8 Å². The predicted molar refractivity (Wildman–Crippen MR) is 114 cm³/mol. The first kappa shape index (κ1) is 20.7. The SMILES string of the molecule is O=C(Nc1nncs1)C1CCN(C(=O)NCCC(=O)N2CCc3sccc3C2)CC1. The highest BCUT2D eigenvalue weighted by molar-refractivity contribution is 7.13. The van der Waals surface area contributed by atoms with Gasteiger partial charge in [0.25, 0.3) is 0 Å².